The van der Waals surface area contributed by atoms with Crippen molar-refractivity contribution in [3.8, 4) is 0 Å². The van der Waals surface area contributed by atoms with Gasteiger partial charge >= 0.3 is 6.03 Å². The molecule has 130 valence electrons. The lowest BCUT2D eigenvalue weighted by molar-refractivity contribution is 0.122. The molecule has 0 aliphatic rings. The topological polar surface area (TPSA) is 70.4 Å². The molecule has 0 bridgehead atoms. The molecule has 1 aromatic carbocycles. The number of benzene rings is 1. The Bertz CT molecular complexity index is 666. The summed E-state index contributed by atoms with van der Waals surface area (Å²) >= 11 is 0. The van der Waals surface area contributed by atoms with E-state index in [0.717, 1.165) is 16.7 Å². The van der Waals surface area contributed by atoms with Crippen molar-refractivity contribution in [1.82, 2.24) is 20.0 Å². The Hall–Kier alpha value is -2.34. The number of aliphatic hydroxyl groups is 1. The first kappa shape index (κ1) is 18.0. The summed E-state index contributed by atoms with van der Waals surface area (Å²) in [4.78, 5) is 14.1. The average Bonchev–Trinajstić information content (AvgIpc) is 2.99. The Labute approximate surface area is 143 Å². The minimum absolute atomic E-state index is 0.142. The summed E-state index contributed by atoms with van der Waals surface area (Å²) < 4.78 is 1.71. The van der Waals surface area contributed by atoms with Gasteiger partial charge in [0.15, 0.2) is 0 Å². The van der Waals surface area contributed by atoms with E-state index in [-0.39, 0.29) is 18.6 Å². The van der Waals surface area contributed by atoms with Crippen molar-refractivity contribution in [3.63, 3.8) is 0 Å². The second-order valence-electron chi connectivity index (χ2n) is 6.08. The van der Waals surface area contributed by atoms with Crippen molar-refractivity contribution in [1.29, 1.82) is 0 Å². The molecule has 24 heavy (non-hydrogen) atoms. The number of nitrogens with one attached hydrogen (secondary N) is 1. The fraction of sp³-hybridized carbons (Fsp3) is 0.444. The average molecular weight is 330 g/mol. The highest BCUT2D eigenvalue weighted by atomic mass is 16.3. The third-order valence-electron chi connectivity index (χ3n) is 4.09. The number of hydrogen-bond acceptors (Lipinski definition) is 3. The van der Waals surface area contributed by atoms with Crippen LogP contribution in [0, 0.1) is 6.92 Å². The molecule has 0 aliphatic heterocycles. The summed E-state index contributed by atoms with van der Waals surface area (Å²) in [6, 6.07) is 7.36. The number of carbonyl (C=O) groups is 1. The quantitative estimate of drug-likeness (QED) is 0.855. The highest BCUT2D eigenvalue weighted by molar-refractivity contribution is 5.74. The van der Waals surface area contributed by atoms with Crippen LogP contribution in [0.15, 0.2) is 36.7 Å². The number of hydrogen-bond donors (Lipinski definition) is 2. The predicted octanol–water partition coefficient (Wildman–Crippen LogP) is 2.55. The van der Waals surface area contributed by atoms with Crippen molar-refractivity contribution < 1.29 is 9.90 Å². The fourth-order valence-corrected chi connectivity index (χ4v) is 2.48. The second-order valence-corrected chi connectivity index (χ2v) is 6.08. The molecule has 2 rings (SSSR count). The highest BCUT2D eigenvalue weighted by Gasteiger charge is 2.19. The Kier molecular flexibility index (Phi) is 5.98. The van der Waals surface area contributed by atoms with Gasteiger partial charge in [0, 0.05) is 25.4 Å². The molecule has 0 fully saturated rings. The SMILES string of the molecule is CCN(CC(O)c1ccc(C)cc1)C(=O)NC(C)c1cnn(C)c1. The Morgan fingerprint density at radius 2 is 2.00 bits per heavy atom. The molecule has 0 radical (unpaired) electrons. The third-order valence-corrected chi connectivity index (χ3v) is 4.09. The van der Waals surface area contributed by atoms with Gasteiger partial charge in [-0.3, -0.25) is 4.68 Å². The second kappa shape index (κ2) is 7.97. The van der Waals surface area contributed by atoms with E-state index in [4.69, 9.17) is 0 Å². The summed E-state index contributed by atoms with van der Waals surface area (Å²) in [5.41, 5.74) is 2.90. The van der Waals surface area contributed by atoms with Crippen LogP contribution in [-0.4, -0.2) is 38.9 Å². The maximum atomic E-state index is 12.5. The van der Waals surface area contributed by atoms with Crippen LogP contribution < -0.4 is 5.32 Å². The molecule has 2 unspecified atom stereocenters. The summed E-state index contributed by atoms with van der Waals surface area (Å²) in [5, 5.41) is 17.4. The summed E-state index contributed by atoms with van der Waals surface area (Å²) in [6.45, 7) is 6.59. The molecule has 2 aromatic rings. The van der Waals surface area contributed by atoms with Gasteiger partial charge in [-0.05, 0) is 26.3 Å². The number of amides is 2. The van der Waals surface area contributed by atoms with Crippen LogP contribution in [0.2, 0.25) is 0 Å². The van der Waals surface area contributed by atoms with Crippen molar-refractivity contribution in [2.24, 2.45) is 7.05 Å². The fourth-order valence-electron chi connectivity index (χ4n) is 2.48. The first-order valence-corrected chi connectivity index (χ1v) is 8.19. The van der Waals surface area contributed by atoms with E-state index in [1.165, 1.54) is 0 Å². The zero-order valence-corrected chi connectivity index (χ0v) is 14.7. The van der Waals surface area contributed by atoms with Gasteiger partial charge in [0.2, 0.25) is 0 Å². The molecule has 0 saturated carbocycles. The summed E-state index contributed by atoms with van der Waals surface area (Å²) in [6.07, 6.45) is 2.91. The Morgan fingerprint density at radius 1 is 1.33 bits per heavy atom. The van der Waals surface area contributed by atoms with Crippen LogP contribution in [0.1, 0.15) is 42.7 Å². The van der Waals surface area contributed by atoms with Gasteiger partial charge in [0.1, 0.15) is 0 Å². The van der Waals surface area contributed by atoms with Crippen molar-refractivity contribution >= 4 is 6.03 Å². The van der Waals surface area contributed by atoms with Crippen LogP contribution in [0.4, 0.5) is 4.79 Å². The smallest absolute Gasteiger partial charge is 0.317 e. The largest absolute Gasteiger partial charge is 0.387 e. The number of rotatable bonds is 6. The molecule has 2 N–H and O–H groups in total. The number of aryl methyl sites for hydroxylation is 2. The number of aromatic nitrogens is 2. The number of aliphatic hydroxyl groups excluding tert-OH is 1. The number of urea groups is 1. The number of likely N-dealkylation sites (N-methyl/N-ethyl adjacent to an activating group) is 1. The highest BCUT2D eigenvalue weighted by Crippen LogP contribution is 2.16. The molecule has 0 spiro atoms. The van der Waals surface area contributed by atoms with Gasteiger partial charge in [0.05, 0.1) is 24.9 Å². The van der Waals surface area contributed by atoms with E-state index in [0.29, 0.717) is 6.54 Å². The summed E-state index contributed by atoms with van der Waals surface area (Å²) in [5.74, 6) is 0. The normalized spacial score (nSPS) is 13.4. The van der Waals surface area contributed by atoms with Crippen molar-refractivity contribution in [3.05, 3.63) is 53.3 Å². The minimum Gasteiger partial charge on any atom is -0.387 e. The third kappa shape index (κ3) is 4.58. The van der Waals surface area contributed by atoms with E-state index >= 15 is 0 Å². The van der Waals surface area contributed by atoms with E-state index < -0.39 is 6.10 Å². The van der Waals surface area contributed by atoms with E-state index in [1.807, 2.05) is 58.3 Å². The molecule has 0 saturated heterocycles. The molecule has 6 nitrogen and oxygen atoms in total. The van der Waals surface area contributed by atoms with Gasteiger partial charge < -0.3 is 15.3 Å². The maximum absolute atomic E-state index is 12.5. The van der Waals surface area contributed by atoms with Crippen LogP contribution in [0.25, 0.3) is 0 Å². The lowest BCUT2D eigenvalue weighted by Gasteiger charge is -2.26. The standard InChI is InChI=1S/C18H26N4O2/c1-5-22(12-17(23)15-8-6-13(2)7-9-15)18(24)20-14(3)16-10-19-21(4)11-16/h6-11,14,17,23H,5,12H2,1-4H3,(H,20,24). The molecule has 1 heterocycles. The Morgan fingerprint density at radius 3 is 2.54 bits per heavy atom. The van der Waals surface area contributed by atoms with Gasteiger partial charge in [-0.25, -0.2) is 4.79 Å². The number of nitrogens with zero attached hydrogens (tertiary/aromatic N) is 3. The molecule has 2 atom stereocenters. The van der Waals surface area contributed by atoms with Gasteiger partial charge in [-0.1, -0.05) is 29.8 Å². The van der Waals surface area contributed by atoms with E-state index in [1.54, 1.807) is 15.8 Å². The van der Waals surface area contributed by atoms with Gasteiger partial charge in [0.25, 0.3) is 0 Å². The maximum Gasteiger partial charge on any atom is 0.317 e. The molecule has 6 heteroatoms. The monoisotopic (exact) mass is 330 g/mol. The van der Waals surface area contributed by atoms with Crippen molar-refractivity contribution in [2.75, 3.05) is 13.1 Å². The summed E-state index contributed by atoms with van der Waals surface area (Å²) in [7, 11) is 1.84. The molecule has 1 aromatic heterocycles. The zero-order valence-electron chi connectivity index (χ0n) is 14.7. The van der Waals surface area contributed by atoms with Crippen LogP contribution in [0.5, 0.6) is 0 Å². The van der Waals surface area contributed by atoms with Crippen LogP contribution in [0.3, 0.4) is 0 Å². The Balaban J connectivity index is 1.96. The first-order chi connectivity index (χ1) is 11.4. The minimum atomic E-state index is -0.704. The van der Waals surface area contributed by atoms with Crippen LogP contribution >= 0.6 is 0 Å². The van der Waals surface area contributed by atoms with Gasteiger partial charge in [-0.2, -0.15) is 5.10 Å². The van der Waals surface area contributed by atoms with E-state index in [2.05, 4.69) is 10.4 Å². The zero-order chi connectivity index (χ0) is 17.7. The number of carbonyl (C=O) groups excluding carboxylic acids is 1. The molecular weight excluding hydrogens is 304 g/mol. The first-order valence-electron chi connectivity index (χ1n) is 8.19. The molecule has 0 aliphatic carbocycles. The van der Waals surface area contributed by atoms with Gasteiger partial charge in [-0.15, -0.1) is 0 Å². The lowest BCUT2D eigenvalue weighted by Crippen LogP contribution is -2.42. The van der Waals surface area contributed by atoms with Crippen molar-refractivity contribution in [2.45, 2.75) is 32.9 Å². The van der Waals surface area contributed by atoms with Crippen LogP contribution in [-0.2, 0) is 7.05 Å². The lowest BCUT2D eigenvalue weighted by atomic mass is 10.1. The van der Waals surface area contributed by atoms with E-state index in [9.17, 15) is 9.90 Å². The molecular formula is C18H26N4O2. The molecule has 2 amide bonds. The predicted molar refractivity (Wildman–Crippen MR) is 93.5 cm³/mol.